The summed E-state index contributed by atoms with van der Waals surface area (Å²) in [6, 6.07) is 0. The largest absolute Gasteiger partial charge is 0.390 e. The predicted octanol–water partition coefficient (Wildman–Crippen LogP) is -0.463. The Kier molecular flexibility index (Phi) is 7.06. The highest BCUT2D eigenvalue weighted by molar-refractivity contribution is 5.83. The molecule has 1 saturated heterocycles. The first kappa shape index (κ1) is 22.6. The van der Waals surface area contributed by atoms with Gasteiger partial charge in [-0.15, -0.1) is 0 Å². The second-order valence-electron chi connectivity index (χ2n) is 7.34. The lowest BCUT2D eigenvalue weighted by Crippen LogP contribution is -2.69. The number of anilines is 2. The molecule has 1 aliphatic heterocycles. The van der Waals surface area contributed by atoms with Gasteiger partial charge >= 0.3 is 0 Å². The molecule has 30 heavy (non-hydrogen) atoms. The molecular weight excluding hydrogens is 390 g/mol. The second kappa shape index (κ2) is 9.37. The molecule has 2 aromatic rings. The van der Waals surface area contributed by atoms with Gasteiger partial charge in [0.25, 0.3) is 0 Å². The maximum Gasteiger partial charge on any atom is 0.228 e. The summed E-state index contributed by atoms with van der Waals surface area (Å²) in [5.74, 6) is -0.336. The van der Waals surface area contributed by atoms with Crippen LogP contribution >= 0.6 is 0 Å². The standard InChI is InChI=1S/C18H33N9O3/c1-6-21-18(22-7-2,30-23-8-3)14-11(28)9-12(29-14)27-10-20-13-15(19)24-17(26(4)5)25-16(13)27/h10-12,14,21-23,28H,6-9H2,1-5H3,(H2,19,24,25)/t11-,12+,14-/m0/s1. The molecule has 1 fully saturated rings. The third-order valence-corrected chi connectivity index (χ3v) is 4.90. The SMILES string of the molecule is CCNOC(NCC)(NCC)[C@H]1O[C@@H](n2cnc3c(N)nc(N(C)C)nc32)C[C@@H]1O. The number of likely N-dealkylation sites (N-methyl/N-ethyl adjacent to an activating group) is 2. The Bertz CT molecular complexity index is 838. The zero-order chi connectivity index (χ0) is 21.9. The Labute approximate surface area is 176 Å². The molecule has 168 valence electrons. The van der Waals surface area contributed by atoms with E-state index in [1.54, 1.807) is 15.8 Å². The van der Waals surface area contributed by atoms with Gasteiger partial charge in [-0.05, 0) is 13.1 Å². The summed E-state index contributed by atoms with van der Waals surface area (Å²) in [6.45, 7) is 7.68. The summed E-state index contributed by atoms with van der Waals surface area (Å²) in [4.78, 5) is 20.9. The Morgan fingerprint density at radius 2 is 1.97 bits per heavy atom. The number of hydroxylamine groups is 1. The number of rotatable bonds is 10. The van der Waals surface area contributed by atoms with E-state index in [0.717, 1.165) is 0 Å². The van der Waals surface area contributed by atoms with Gasteiger partial charge in [-0.1, -0.05) is 20.8 Å². The van der Waals surface area contributed by atoms with E-state index in [0.29, 0.717) is 49.0 Å². The van der Waals surface area contributed by atoms with Crippen LogP contribution in [0.25, 0.3) is 11.2 Å². The number of aromatic nitrogens is 4. The van der Waals surface area contributed by atoms with Gasteiger partial charge in [0.05, 0.1) is 12.4 Å². The van der Waals surface area contributed by atoms with Crippen LogP contribution in [-0.4, -0.2) is 76.4 Å². The predicted molar refractivity (Wildman–Crippen MR) is 113 cm³/mol. The lowest BCUT2D eigenvalue weighted by molar-refractivity contribution is -0.228. The molecule has 6 N–H and O–H groups in total. The van der Waals surface area contributed by atoms with Crippen molar-refractivity contribution in [1.82, 2.24) is 35.6 Å². The normalized spacial score (nSPS) is 22.1. The van der Waals surface area contributed by atoms with Crippen LogP contribution in [0.15, 0.2) is 6.33 Å². The van der Waals surface area contributed by atoms with Crippen LogP contribution in [0.1, 0.15) is 33.4 Å². The molecule has 0 amide bonds. The van der Waals surface area contributed by atoms with Crippen molar-refractivity contribution in [3.63, 3.8) is 0 Å². The molecule has 3 heterocycles. The minimum atomic E-state index is -1.10. The quantitative estimate of drug-likeness (QED) is 0.250. The van der Waals surface area contributed by atoms with Crippen molar-refractivity contribution < 1.29 is 14.7 Å². The van der Waals surface area contributed by atoms with E-state index in [-0.39, 0.29) is 0 Å². The molecule has 0 saturated carbocycles. The monoisotopic (exact) mass is 423 g/mol. The number of fused-ring (bicyclic) bond motifs is 1. The van der Waals surface area contributed by atoms with E-state index >= 15 is 0 Å². The van der Waals surface area contributed by atoms with E-state index in [1.807, 2.05) is 34.9 Å². The lowest BCUT2D eigenvalue weighted by atomic mass is 10.1. The van der Waals surface area contributed by atoms with Crippen molar-refractivity contribution in [2.75, 3.05) is 44.4 Å². The van der Waals surface area contributed by atoms with Crippen LogP contribution in [0.4, 0.5) is 11.8 Å². The number of nitrogens with zero attached hydrogens (tertiary/aromatic N) is 5. The fourth-order valence-corrected chi connectivity index (χ4v) is 3.63. The summed E-state index contributed by atoms with van der Waals surface area (Å²) in [5.41, 5.74) is 10.0. The number of hydrogen-bond acceptors (Lipinski definition) is 11. The maximum absolute atomic E-state index is 10.9. The molecule has 0 unspecified atom stereocenters. The van der Waals surface area contributed by atoms with E-state index < -0.39 is 24.3 Å². The Hall–Kier alpha value is -2.09. The van der Waals surface area contributed by atoms with Crippen molar-refractivity contribution >= 4 is 22.9 Å². The van der Waals surface area contributed by atoms with Gasteiger partial charge in [-0.2, -0.15) is 15.4 Å². The summed E-state index contributed by atoms with van der Waals surface area (Å²) >= 11 is 0. The maximum atomic E-state index is 10.9. The summed E-state index contributed by atoms with van der Waals surface area (Å²) in [7, 11) is 3.68. The van der Waals surface area contributed by atoms with E-state index in [9.17, 15) is 5.11 Å². The Morgan fingerprint density at radius 1 is 1.27 bits per heavy atom. The highest BCUT2D eigenvalue weighted by Gasteiger charge is 2.51. The van der Waals surface area contributed by atoms with E-state index in [2.05, 4.69) is 31.1 Å². The molecule has 12 heteroatoms. The summed E-state index contributed by atoms with van der Waals surface area (Å²) in [5, 5.41) is 17.5. The van der Waals surface area contributed by atoms with E-state index in [4.69, 9.17) is 15.3 Å². The average molecular weight is 424 g/mol. The molecule has 3 rings (SSSR count). The third kappa shape index (κ3) is 4.19. The van der Waals surface area contributed by atoms with Crippen molar-refractivity contribution in [1.29, 1.82) is 0 Å². The molecule has 0 spiro atoms. The minimum Gasteiger partial charge on any atom is -0.390 e. The number of ether oxygens (including phenoxy) is 1. The summed E-state index contributed by atoms with van der Waals surface area (Å²) < 4.78 is 8.08. The zero-order valence-corrected chi connectivity index (χ0v) is 18.2. The fraction of sp³-hybridized carbons (Fsp3) is 0.722. The number of nitrogen functional groups attached to an aromatic ring is 1. The first-order chi connectivity index (χ1) is 14.4. The molecule has 0 aromatic carbocycles. The zero-order valence-electron chi connectivity index (χ0n) is 18.2. The van der Waals surface area contributed by atoms with Gasteiger partial charge in [-0.25, -0.2) is 4.98 Å². The van der Waals surface area contributed by atoms with Gasteiger partial charge in [0.15, 0.2) is 11.5 Å². The van der Waals surface area contributed by atoms with E-state index in [1.165, 1.54) is 0 Å². The van der Waals surface area contributed by atoms with Crippen LogP contribution in [-0.2, 0) is 9.57 Å². The van der Waals surface area contributed by atoms with Crippen molar-refractivity contribution in [2.45, 2.75) is 51.5 Å². The van der Waals surface area contributed by atoms with Crippen LogP contribution in [0.2, 0.25) is 0 Å². The highest BCUT2D eigenvalue weighted by Crippen LogP contribution is 2.36. The first-order valence-corrected chi connectivity index (χ1v) is 10.3. The molecule has 0 radical (unpaired) electrons. The fourth-order valence-electron chi connectivity index (χ4n) is 3.63. The number of aliphatic hydroxyl groups is 1. The van der Waals surface area contributed by atoms with Gasteiger partial charge < -0.3 is 20.5 Å². The molecular formula is C18H33N9O3. The number of nitrogens with two attached hydrogens (primary N) is 1. The second-order valence-corrected chi connectivity index (χ2v) is 7.34. The number of aliphatic hydroxyl groups excluding tert-OH is 1. The average Bonchev–Trinajstić information content (AvgIpc) is 3.30. The van der Waals surface area contributed by atoms with Crippen molar-refractivity contribution in [3.8, 4) is 0 Å². The molecule has 2 aromatic heterocycles. The van der Waals surface area contributed by atoms with Crippen LogP contribution < -0.4 is 26.7 Å². The third-order valence-electron chi connectivity index (χ3n) is 4.90. The van der Waals surface area contributed by atoms with Gasteiger partial charge in [0.2, 0.25) is 11.8 Å². The molecule has 1 aliphatic rings. The van der Waals surface area contributed by atoms with Gasteiger partial charge in [-0.3, -0.25) is 20.0 Å². The molecule has 0 aliphatic carbocycles. The van der Waals surface area contributed by atoms with Crippen molar-refractivity contribution in [3.05, 3.63) is 6.33 Å². The van der Waals surface area contributed by atoms with Crippen LogP contribution in [0, 0.1) is 0 Å². The lowest BCUT2D eigenvalue weighted by Gasteiger charge is -2.40. The van der Waals surface area contributed by atoms with Crippen molar-refractivity contribution in [2.24, 2.45) is 0 Å². The smallest absolute Gasteiger partial charge is 0.228 e. The summed E-state index contributed by atoms with van der Waals surface area (Å²) in [6.07, 6.45) is -0.0301. The van der Waals surface area contributed by atoms with Crippen LogP contribution in [0.3, 0.4) is 0 Å². The highest BCUT2D eigenvalue weighted by atomic mass is 16.7. The van der Waals surface area contributed by atoms with Gasteiger partial charge in [0, 0.05) is 27.1 Å². The minimum absolute atomic E-state index is 0.294. The van der Waals surface area contributed by atoms with Gasteiger partial charge in [0.1, 0.15) is 17.8 Å². The number of imidazole rings is 1. The molecule has 12 nitrogen and oxygen atoms in total. The first-order valence-electron chi connectivity index (χ1n) is 10.3. The van der Waals surface area contributed by atoms with Crippen LogP contribution in [0.5, 0.6) is 0 Å². The number of hydrogen-bond donors (Lipinski definition) is 5. The molecule has 3 atom stereocenters. The number of nitrogens with one attached hydrogen (secondary N) is 3. The molecule has 0 bridgehead atoms. The Balaban J connectivity index is 1.95. The Morgan fingerprint density at radius 3 is 2.57 bits per heavy atom. The topological polar surface area (TPSA) is 148 Å².